The summed E-state index contributed by atoms with van der Waals surface area (Å²) >= 11 is 0. The molecule has 1 saturated heterocycles. The number of oxazole rings is 1. The van der Waals surface area contributed by atoms with Gasteiger partial charge >= 0.3 is 0 Å². The number of nitrogens with zero attached hydrogens (tertiary/aromatic N) is 2. The molecule has 0 N–H and O–H groups in total. The SMILES string of the molecule is COc1ccc(OCc2nc(C(=O)N3C[C@H]4CC=C(C)C[C@H]4C3)co2)cc1. The average Bonchev–Trinajstić information content (AvgIpc) is 3.33. The number of hydrogen-bond donors (Lipinski definition) is 0. The molecule has 4 rings (SSSR count). The molecule has 1 aromatic carbocycles. The van der Waals surface area contributed by atoms with Crippen molar-refractivity contribution in [3.63, 3.8) is 0 Å². The van der Waals surface area contributed by atoms with Crippen molar-refractivity contribution in [3.8, 4) is 11.5 Å². The molecule has 2 aromatic rings. The fraction of sp³-hybridized carbons (Fsp3) is 0.429. The Balaban J connectivity index is 1.34. The Labute approximate surface area is 158 Å². The van der Waals surface area contributed by atoms with E-state index < -0.39 is 0 Å². The predicted molar refractivity (Wildman–Crippen MR) is 99.7 cm³/mol. The van der Waals surface area contributed by atoms with Crippen LogP contribution in [0.2, 0.25) is 0 Å². The third-order valence-electron chi connectivity index (χ3n) is 5.41. The van der Waals surface area contributed by atoms with Gasteiger partial charge in [0.25, 0.3) is 5.91 Å². The Morgan fingerprint density at radius 2 is 1.96 bits per heavy atom. The Kier molecular flexibility index (Phi) is 4.88. The lowest BCUT2D eigenvalue weighted by atomic mass is 9.83. The zero-order valence-corrected chi connectivity index (χ0v) is 15.7. The fourth-order valence-electron chi connectivity index (χ4n) is 3.91. The van der Waals surface area contributed by atoms with Crippen LogP contribution in [-0.4, -0.2) is 36.0 Å². The first-order valence-corrected chi connectivity index (χ1v) is 9.28. The lowest BCUT2D eigenvalue weighted by molar-refractivity contribution is 0.0778. The summed E-state index contributed by atoms with van der Waals surface area (Å²) in [5, 5.41) is 0. The monoisotopic (exact) mass is 368 g/mol. The molecule has 6 nitrogen and oxygen atoms in total. The maximum absolute atomic E-state index is 12.8. The fourth-order valence-corrected chi connectivity index (χ4v) is 3.91. The van der Waals surface area contributed by atoms with E-state index in [1.165, 1.54) is 11.8 Å². The molecule has 1 amide bonds. The minimum Gasteiger partial charge on any atom is -0.497 e. The quantitative estimate of drug-likeness (QED) is 0.753. The van der Waals surface area contributed by atoms with Crippen LogP contribution in [0, 0.1) is 11.8 Å². The van der Waals surface area contributed by atoms with E-state index in [1.807, 2.05) is 29.2 Å². The average molecular weight is 368 g/mol. The number of ether oxygens (including phenoxy) is 2. The number of methoxy groups -OCH3 is 1. The van der Waals surface area contributed by atoms with Crippen molar-refractivity contribution >= 4 is 5.91 Å². The maximum atomic E-state index is 12.8. The molecule has 0 radical (unpaired) electrons. The molecule has 0 saturated carbocycles. The second-order valence-corrected chi connectivity index (χ2v) is 7.31. The number of carbonyl (C=O) groups is 1. The van der Waals surface area contributed by atoms with Crippen LogP contribution < -0.4 is 9.47 Å². The summed E-state index contributed by atoms with van der Waals surface area (Å²) in [7, 11) is 1.62. The van der Waals surface area contributed by atoms with Crippen LogP contribution in [0.3, 0.4) is 0 Å². The van der Waals surface area contributed by atoms with Gasteiger partial charge in [0.2, 0.25) is 5.89 Å². The normalized spacial score (nSPS) is 21.6. The third-order valence-corrected chi connectivity index (χ3v) is 5.41. The first-order chi connectivity index (χ1) is 13.1. The molecule has 0 unspecified atom stereocenters. The van der Waals surface area contributed by atoms with E-state index in [4.69, 9.17) is 13.9 Å². The van der Waals surface area contributed by atoms with E-state index in [-0.39, 0.29) is 12.5 Å². The van der Waals surface area contributed by atoms with E-state index in [0.717, 1.165) is 31.7 Å². The number of carbonyl (C=O) groups excluding carboxylic acids is 1. The summed E-state index contributed by atoms with van der Waals surface area (Å²) in [5.74, 6) is 2.94. The van der Waals surface area contributed by atoms with Gasteiger partial charge in [-0.3, -0.25) is 4.79 Å². The van der Waals surface area contributed by atoms with Gasteiger partial charge in [0.1, 0.15) is 17.8 Å². The largest absolute Gasteiger partial charge is 0.497 e. The molecule has 1 aromatic heterocycles. The van der Waals surface area contributed by atoms with Gasteiger partial charge in [-0.1, -0.05) is 11.6 Å². The highest BCUT2D eigenvalue weighted by Crippen LogP contribution is 2.36. The molecule has 1 fully saturated rings. The molecule has 1 aliphatic carbocycles. The van der Waals surface area contributed by atoms with E-state index >= 15 is 0 Å². The standard InChI is InChI=1S/C21H24N2O4/c1-14-3-4-15-10-23(11-16(15)9-14)21(24)19-12-27-20(22-19)13-26-18-7-5-17(25-2)6-8-18/h3,5-8,12,15-16H,4,9-11,13H2,1-2H3/t15-,16+/m1/s1. The minimum absolute atomic E-state index is 0.0542. The first kappa shape index (κ1) is 17.6. The highest BCUT2D eigenvalue weighted by atomic mass is 16.5. The van der Waals surface area contributed by atoms with E-state index in [1.54, 1.807) is 7.11 Å². The summed E-state index contributed by atoms with van der Waals surface area (Å²) < 4.78 is 16.2. The van der Waals surface area contributed by atoms with Crippen LogP contribution in [0.15, 0.2) is 46.6 Å². The van der Waals surface area contributed by atoms with Crippen molar-refractivity contribution in [2.45, 2.75) is 26.4 Å². The highest BCUT2D eigenvalue weighted by Gasteiger charge is 2.37. The smallest absolute Gasteiger partial charge is 0.275 e. The molecule has 0 bridgehead atoms. The summed E-state index contributed by atoms with van der Waals surface area (Å²) in [6.45, 7) is 3.96. The molecular formula is C21H24N2O4. The molecule has 2 heterocycles. The van der Waals surface area contributed by atoms with E-state index in [0.29, 0.717) is 29.2 Å². The second-order valence-electron chi connectivity index (χ2n) is 7.31. The van der Waals surface area contributed by atoms with Crippen LogP contribution in [-0.2, 0) is 6.61 Å². The number of benzene rings is 1. The number of hydrogen-bond acceptors (Lipinski definition) is 5. The minimum atomic E-state index is -0.0542. The third kappa shape index (κ3) is 3.84. The zero-order chi connectivity index (χ0) is 18.8. The van der Waals surface area contributed by atoms with Gasteiger partial charge in [0, 0.05) is 13.1 Å². The second kappa shape index (κ2) is 7.47. The Hall–Kier alpha value is -2.76. The molecule has 2 aliphatic rings. The molecule has 1 aliphatic heterocycles. The van der Waals surface area contributed by atoms with Gasteiger partial charge in [-0.05, 0) is 55.9 Å². The molecule has 0 spiro atoms. The Morgan fingerprint density at radius 3 is 2.74 bits per heavy atom. The Morgan fingerprint density at radius 1 is 1.22 bits per heavy atom. The van der Waals surface area contributed by atoms with Gasteiger partial charge in [0.15, 0.2) is 12.3 Å². The van der Waals surface area contributed by atoms with Crippen LogP contribution >= 0.6 is 0 Å². The van der Waals surface area contributed by atoms with Gasteiger partial charge in [0.05, 0.1) is 7.11 Å². The molecule has 27 heavy (non-hydrogen) atoms. The van der Waals surface area contributed by atoms with Crippen LogP contribution in [0.1, 0.15) is 36.1 Å². The summed E-state index contributed by atoms with van der Waals surface area (Å²) in [4.78, 5) is 19.0. The van der Waals surface area contributed by atoms with Crippen LogP contribution in [0.5, 0.6) is 11.5 Å². The number of aromatic nitrogens is 1. The maximum Gasteiger partial charge on any atom is 0.275 e. The summed E-state index contributed by atoms with van der Waals surface area (Å²) in [5.41, 5.74) is 1.79. The topological polar surface area (TPSA) is 64.8 Å². The number of allylic oxidation sites excluding steroid dienone is 2. The molecular weight excluding hydrogens is 344 g/mol. The number of likely N-dealkylation sites (tertiary alicyclic amines) is 1. The number of fused-ring (bicyclic) bond motifs is 1. The van der Waals surface area contributed by atoms with Crippen molar-refractivity contribution in [1.82, 2.24) is 9.88 Å². The van der Waals surface area contributed by atoms with Gasteiger partial charge in [-0.25, -0.2) is 4.98 Å². The van der Waals surface area contributed by atoms with Crippen LogP contribution in [0.4, 0.5) is 0 Å². The Bertz CT molecular complexity index is 840. The molecule has 6 heteroatoms. The summed E-state index contributed by atoms with van der Waals surface area (Å²) in [6, 6.07) is 7.28. The lowest BCUT2D eigenvalue weighted by Crippen LogP contribution is -2.29. The highest BCUT2D eigenvalue weighted by molar-refractivity contribution is 5.92. The van der Waals surface area contributed by atoms with E-state index in [9.17, 15) is 4.79 Å². The van der Waals surface area contributed by atoms with Crippen molar-refractivity contribution in [2.75, 3.05) is 20.2 Å². The van der Waals surface area contributed by atoms with E-state index in [2.05, 4.69) is 18.0 Å². The van der Waals surface area contributed by atoms with Crippen molar-refractivity contribution in [1.29, 1.82) is 0 Å². The first-order valence-electron chi connectivity index (χ1n) is 9.28. The number of amides is 1. The van der Waals surface area contributed by atoms with Gasteiger partial charge in [-0.2, -0.15) is 0 Å². The molecule has 142 valence electrons. The van der Waals surface area contributed by atoms with Gasteiger partial charge < -0.3 is 18.8 Å². The summed E-state index contributed by atoms with van der Waals surface area (Å²) in [6.07, 6.45) is 5.90. The molecule has 2 atom stereocenters. The number of rotatable bonds is 5. The van der Waals surface area contributed by atoms with Crippen molar-refractivity contribution < 1.29 is 18.7 Å². The lowest BCUT2D eigenvalue weighted by Gasteiger charge is -2.21. The van der Waals surface area contributed by atoms with Crippen molar-refractivity contribution in [2.24, 2.45) is 11.8 Å². The zero-order valence-electron chi connectivity index (χ0n) is 15.7. The van der Waals surface area contributed by atoms with Crippen LogP contribution in [0.25, 0.3) is 0 Å². The van der Waals surface area contributed by atoms with Gasteiger partial charge in [-0.15, -0.1) is 0 Å². The van der Waals surface area contributed by atoms with Crippen molar-refractivity contribution in [3.05, 3.63) is 53.8 Å². The predicted octanol–water partition coefficient (Wildman–Crippen LogP) is 3.69.